The molecule has 0 saturated carbocycles. The smallest absolute Gasteiger partial charge is 0.265 e. The van der Waals surface area contributed by atoms with Crippen molar-refractivity contribution in [2.75, 3.05) is 16.6 Å². The molecule has 0 fully saturated rings. The van der Waals surface area contributed by atoms with Crippen LogP contribution in [0, 0.1) is 5.82 Å². The van der Waals surface area contributed by atoms with Crippen molar-refractivity contribution in [2.24, 2.45) is 0 Å². The summed E-state index contributed by atoms with van der Waals surface area (Å²) >= 11 is 5.90. The third kappa shape index (κ3) is 3.11. The van der Waals surface area contributed by atoms with Gasteiger partial charge in [-0.25, -0.2) is 12.8 Å². The van der Waals surface area contributed by atoms with Crippen molar-refractivity contribution in [3.63, 3.8) is 0 Å². The van der Waals surface area contributed by atoms with Crippen molar-refractivity contribution in [2.45, 2.75) is 11.8 Å². The Morgan fingerprint density at radius 3 is 2.38 bits per heavy atom. The maximum absolute atomic E-state index is 13.3. The average Bonchev–Trinajstić information content (AvgIpc) is 2.44. The molecule has 21 heavy (non-hydrogen) atoms. The van der Waals surface area contributed by atoms with E-state index in [1.165, 1.54) is 6.07 Å². The van der Waals surface area contributed by atoms with E-state index in [-0.39, 0.29) is 16.5 Å². The van der Waals surface area contributed by atoms with Gasteiger partial charge in [-0.1, -0.05) is 11.6 Å². The van der Waals surface area contributed by atoms with Crippen LogP contribution in [0.1, 0.15) is 6.92 Å². The predicted octanol–water partition coefficient (Wildman–Crippen LogP) is 3.28. The summed E-state index contributed by atoms with van der Waals surface area (Å²) in [5.41, 5.74) is 6.55. The quantitative estimate of drug-likeness (QED) is 0.876. The molecule has 112 valence electrons. The van der Waals surface area contributed by atoms with Gasteiger partial charge in [-0.2, -0.15) is 0 Å². The average molecular weight is 329 g/mol. The Balaban J connectivity index is 2.54. The van der Waals surface area contributed by atoms with Gasteiger partial charge in [0.25, 0.3) is 10.0 Å². The summed E-state index contributed by atoms with van der Waals surface area (Å²) in [7, 11) is -3.95. The molecule has 2 rings (SSSR count). The first-order valence-corrected chi connectivity index (χ1v) is 8.01. The van der Waals surface area contributed by atoms with E-state index < -0.39 is 15.8 Å². The fourth-order valence-corrected chi connectivity index (χ4v) is 3.89. The normalized spacial score (nSPS) is 11.4. The van der Waals surface area contributed by atoms with Crippen molar-refractivity contribution < 1.29 is 12.8 Å². The van der Waals surface area contributed by atoms with Crippen LogP contribution in [0.4, 0.5) is 15.8 Å². The number of nitrogen functional groups attached to an aromatic ring is 1. The number of nitrogens with zero attached hydrogens (tertiary/aromatic N) is 1. The van der Waals surface area contributed by atoms with Crippen molar-refractivity contribution in [1.82, 2.24) is 0 Å². The number of sulfonamides is 1. The van der Waals surface area contributed by atoms with Gasteiger partial charge in [0.1, 0.15) is 10.7 Å². The number of nitrogens with two attached hydrogens (primary N) is 1. The molecule has 0 amide bonds. The summed E-state index contributed by atoms with van der Waals surface area (Å²) in [6, 6.07) is 9.62. The molecule has 0 atom stereocenters. The van der Waals surface area contributed by atoms with Crippen molar-refractivity contribution in [1.29, 1.82) is 0 Å². The molecule has 0 unspecified atom stereocenters. The Morgan fingerprint density at radius 1 is 1.19 bits per heavy atom. The van der Waals surface area contributed by atoms with Gasteiger partial charge in [0, 0.05) is 12.2 Å². The van der Waals surface area contributed by atoms with Crippen LogP contribution >= 0.6 is 11.6 Å². The van der Waals surface area contributed by atoms with Crippen LogP contribution in [0.5, 0.6) is 0 Å². The van der Waals surface area contributed by atoms with Gasteiger partial charge in [0.15, 0.2) is 0 Å². The lowest BCUT2D eigenvalue weighted by atomic mass is 10.3. The fraction of sp³-hybridized carbons (Fsp3) is 0.143. The molecule has 0 bridgehead atoms. The standard InChI is InChI=1S/C14H14ClFN2O2S/c1-2-18(12-6-4-11(17)5-7-12)21(19,20)14-9-10(16)3-8-13(14)15/h3-9H,2,17H2,1H3. The van der Waals surface area contributed by atoms with Crippen molar-refractivity contribution in [3.8, 4) is 0 Å². The molecule has 2 N–H and O–H groups in total. The predicted molar refractivity (Wildman–Crippen MR) is 82.5 cm³/mol. The number of anilines is 2. The highest BCUT2D eigenvalue weighted by Crippen LogP contribution is 2.29. The summed E-state index contributed by atoms with van der Waals surface area (Å²) in [4.78, 5) is -0.261. The Morgan fingerprint density at radius 2 is 1.81 bits per heavy atom. The highest BCUT2D eigenvalue weighted by atomic mass is 35.5. The molecule has 0 radical (unpaired) electrons. The zero-order chi connectivity index (χ0) is 15.6. The largest absolute Gasteiger partial charge is 0.399 e. The highest BCUT2D eigenvalue weighted by molar-refractivity contribution is 7.93. The number of hydrogen-bond donors (Lipinski definition) is 1. The number of halogens is 2. The molecular formula is C14H14ClFN2O2S. The van der Waals surface area contributed by atoms with E-state index in [0.29, 0.717) is 11.4 Å². The van der Waals surface area contributed by atoms with Crippen LogP contribution in [-0.2, 0) is 10.0 Å². The monoisotopic (exact) mass is 328 g/mol. The molecular weight excluding hydrogens is 315 g/mol. The Bertz CT molecular complexity index is 748. The molecule has 2 aromatic carbocycles. The lowest BCUT2D eigenvalue weighted by molar-refractivity contribution is 0.587. The molecule has 0 aliphatic heterocycles. The molecule has 0 aliphatic rings. The van der Waals surface area contributed by atoms with Crippen LogP contribution in [0.2, 0.25) is 5.02 Å². The molecule has 0 heterocycles. The third-order valence-corrected chi connectivity index (χ3v) is 5.31. The highest BCUT2D eigenvalue weighted by Gasteiger charge is 2.26. The minimum atomic E-state index is -3.95. The topological polar surface area (TPSA) is 63.4 Å². The molecule has 2 aromatic rings. The first kappa shape index (κ1) is 15.6. The number of hydrogen-bond acceptors (Lipinski definition) is 3. The second kappa shape index (κ2) is 5.91. The van der Waals surface area contributed by atoms with E-state index in [2.05, 4.69) is 0 Å². The van der Waals surface area contributed by atoms with E-state index in [4.69, 9.17) is 17.3 Å². The van der Waals surface area contributed by atoms with Crippen molar-refractivity contribution >= 4 is 33.0 Å². The van der Waals surface area contributed by atoms with E-state index in [1.807, 2.05) is 0 Å². The van der Waals surface area contributed by atoms with E-state index in [9.17, 15) is 12.8 Å². The number of rotatable bonds is 4. The molecule has 0 aliphatic carbocycles. The Labute approximate surface area is 128 Å². The van der Waals surface area contributed by atoms with Crippen LogP contribution < -0.4 is 10.0 Å². The minimum Gasteiger partial charge on any atom is -0.399 e. The first-order chi connectivity index (χ1) is 9.86. The Hall–Kier alpha value is -1.79. The molecule has 0 saturated heterocycles. The fourth-order valence-electron chi connectivity index (χ4n) is 1.93. The van der Waals surface area contributed by atoms with Gasteiger partial charge in [-0.15, -0.1) is 0 Å². The van der Waals surface area contributed by atoms with Gasteiger partial charge in [0.2, 0.25) is 0 Å². The first-order valence-electron chi connectivity index (χ1n) is 6.19. The van der Waals surface area contributed by atoms with Crippen LogP contribution in [0.25, 0.3) is 0 Å². The van der Waals surface area contributed by atoms with Crippen LogP contribution in [0.15, 0.2) is 47.4 Å². The zero-order valence-corrected chi connectivity index (χ0v) is 12.8. The maximum atomic E-state index is 13.3. The maximum Gasteiger partial charge on any atom is 0.265 e. The van der Waals surface area contributed by atoms with Gasteiger partial charge >= 0.3 is 0 Å². The molecule has 4 nitrogen and oxygen atoms in total. The van der Waals surface area contributed by atoms with Gasteiger partial charge in [-0.3, -0.25) is 4.31 Å². The van der Waals surface area contributed by atoms with Crippen LogP contribution in [-0.4, -0.2) is 15.0 Å². The minimum absolute atomic E-state index is 0.0229. The van der Waals surface area contributed by atoms with Gasteiger partial charge < -0.3 is 5.73 Å². The summed E-state index contributed by atoms with van der Waals surface area (Å²) in [5.74, 6) is -0.661. The molecule has 0 spiro atoms. The zero-order valence-electron chi connectivity index (χ0n) is 11.3. The lowest BCUT2D eigenvalue weighted by Crippen LogP contribution is -2.31. The summed E-state index contributed by atoms with van der Waals surface area (Å²) in [5, 5.41) is -0.0229. The van der Waals surface area contributed by atoms with Crippen LogP contribution in [0.3, 0.4) is 0 Å². The van der Waals surface area contributed by atoms with Gasteiger partial charge in [-0.05, 0) is 49.4 Å². The second-order valence-corrected chi connectivity index (χ2v) is 6.57. The summed E-state index contributed by atoms with van der Waals surface area (Å²) < 4.78 is 39.8. The SMILES string of the molecule is CCN(c1ccc(N)cc1)S(=O)(=O)c1cc(F)ccc1Cl. The van der Waals surface area contributed by atoms with E-state index >= 15 is 0 Å². The molecule has 7 heteroatoms. The third-order valence-electron chi connectivity index (χ3n) is 2.93. The van der Waals surface area contributed by atoms with E-state index in [0.717, 1.165) is 16.4 Å². The summed E-state index contributed by atoms with van der Waals surface area (Å²) in [6.45, 7) is 1.86. The lowest BCUT2D eigenvalue weighted by Gasteiger charge is -2.23. The molecule has 0 aromatic heterocycles. The summed E-state index contributed by atoms with van der Waals surface area (Å²) in [6.07, 6.45) is 0. The number of benzene rings is 2. The Kier molecular flexibility index (Phi) is 4.39. The second-order valence-electron chi connectivity index (χ2n) is 4.34. The van der Waals surface area contributed by atoms with E-state index in [1.54, 1.807) is 31.2 Å². The van der Waals surface area contributed by atoms with Crippen molar-refractivity contribution in [3.05, 3.63) is 53.3 Å². The van der Waals surface area contributed by atoms with Gasteiger partial charge in [0.05, 0.1) is 10.7 Å².